The predicted octanol–water partition coefficient (Wildman–Crippen LogP) is 3.03. The van der Waals surface area contributed by atoms with Gasteiger partial charge in [0.05, 0.1) is 37.6 Å². The molecule has 0 saturated carbocycles. The first-order valence-corrected chi connectivity index (χ1v) is 25.1. The molecule has 3 N–H and O–H groups in total. The van der Waals surface area contributed by atoms with E-state index in [1.165, 1.54) is 21.5 Å². The van der Waals surface area contributed by atoms with Crippen LogP contribution in [0, 0.1) is 13.8 Å². The minimum absolute atomic E-state index is 0.0197. The van der Waals surface area contributed by atoms with Crippen molar-refractivity contribution in [1.82, 2.24) is 29.1 Å². The van der Waals surface area contributed by atoms with Crippen LogP contribution in [0.4, 0.5) is 0 Å². The van der Waals surface area contributed by atoms with E-state index in [9.17, 15) is 19.2 Å². The summed E-state index contributed by atoms with van der Waals surface area (Å²) in [4.78, 5) is 52.8. The number of H-pyrrole nitrogens is 2. The van der Waals surface area contributed by atoms with Crippen molar-refractivity contribution in [2.45, 2.75) is 142 Å². The zero-order valence-electron chi connectivity index (χ0n) is 40.6. The lowest BCUT2D eigenvalue weighted by Crippen LogP contribution is -2.38. The van der Waals surface area contributed by atoms with Crippen LogP contribution in [-0.4, -0.2) is 138 Å². The standard InChI is InChI=1S/C19H35BN3O6PS.C18H31BN3O6PS/c1-12(2)21-7-6-14(4)28-30(5)29-15-8-17(27-16(15)10-26-31-11-20)23-9-13(3)18(24)22-19(23)25;1-11(2)22-6-5-13(4)27-29(22)28-14-7-16(26-15(14)9-25-30-10-19)21-8-12(3)17(23)20-18(21)24/h9,12,14-17,21H,6-8,10-11,20H2,1-5H3,(H,22,24,25);8,11,13-16H,5-7,9-10,19H2,1-4H3,(H,20,23,24)/t14?,15?,16?,17?,30-;/m1./s1/i20TD;19TD. The van der Waals surface area contributed by atoms with E-state index in [0.717, 1.165) is 50.0 Å². The van der Waals surface area contributed by atoms with Crippen molar-refractivity contribution in [2.75, 3.05) is 44.3 Å². The predicted molar refractivity (Wildman–Crippen MR) is 248 cm³/mol. The van der Waals surface area contributed by atoms with Crippen molar-refractivity contribution in [2.24, 2.45) is 0 Å². The molecule has 2 aromatic heterocycles. The second-order valence-electron chi connectivity index (χ2n) is 15.6. The van der Waals surface area contributed by atoms with Crippen molar-refractivity contribution in [3.8, 4) is 0 Å². The highest BCUT2D eigenvalue weighted by atomic mass is 32.2. The zero-order chi connectivity index (χ0) is 48.0. The maximum atomic E-state index is 12.4. The monoisotopic (exact) mass is 940 g/mol. The van der Waals surface area contributed by atoms with E-state index >= 15 is 0 Å². The number of nitrogens with zero attached hydrogens (tertiary/aromatic N) is 3. The summed E-state index contributed by atoms with van der Waals surface area (Å²) in [5.74, 6) is 0. The highest BCUT2D eigenvalue weighted by Crippen LogP contribution is 2.52. The molecule has 5 heterocycles. The van der Waals surface area contributed by atoms with Gasteiger partial charge in [0, 0.05) is 61.7 Å². The Bertz CT molecular complexity index is 2000. The Kier molecular flexibility index (Phi) is 19.7. The van der Waals surface area contributed by atoms with Crippen molar-refractivity contribution >= 4 is 56.5 Å². The molecule has 5 rings (SSSR count). The van der Waals surface area contributed by atoms with E-state index in [-0.39, 0.29) is 55.0 Å². The van der Waals surface area contributed by atoms with Crippen LogP contribution in [0.3, 0.4) is 0 Å². The molecule has 0 amide bonds. The van der Waals surface area contributed by atoms with Gasteiger partial charge >= 0.3 is 11.4 Å². The largest absolute Gasteiger partial charge is 0.349 e. The van der Waals surface area contributed by atoms with Gasteiger partial charge in [-0.1, -0.05) is 13.8 Å². The number of rotatable bonds is 23. The molecule has 0 bridgehead atoms. The van der Waals surface area contributed by atoms with Crippen LogP contribution < -0.4 is 27.8 Å². The van der Waals surface area contributed by atoms with E-state index in [0.29, 0.717) is 30.0 Å². The third-order valence-electron chi connectivity index (χ3n) is 9.82. The van der Waals surface area contributed by atoms with Crippen LogP contribution >= 0.6 is 41.0 Å². The van der Waals surface area contributed by atoms with E-state index in [1.54, 1.807) is 13.8 Å². The third-order valence-corrected chi connectivity index (χ3v) is 14.0. The molecule has 9 unspecified atom stereocenters. The average molecular weight is 941 g/mol. The van der Waals surface area contributed by atoms with E-state index in [2.05, 4.69) is 47.7 Å². The first-order chi connectivity index (χ1) is 30.7. The second-order valence-corrected chi connectivity index (χ2v) is 19.9. The minimum atomic E-state index is -1.30. The molecule has 0 aliphatic carbocycles. The Hall–Kier alpha value is -1.35. The van der Waals surface area contributed by atoms with Gasteiger partial charge < -0.3 is 41.3 Å². The topological polar surface area (TPSA) is 199 Å². The molecule has 2 aromatic rings. The van der Waals surface area contributed by atoms with Gasteiger partial charge in [0.1, 0.15) is 40.2 Å². The van der Waals surface area contributed by atoms with Crippen LogP contribution in [0.5, 0.6) is 0 Å². The molecular formula is C37H66B2N6O12P2S2. The van der Waals surface area contributed by atoms with Crippen molar-refractivity contribution in [3.05, 3.63) is 65.2 Å². The molecule has 0 spiro atoms. The summed E-state index contributed by atoms with van der Waals surface area (Å²) in [5.41, 5.74) is -0.674. The first kappa shape index (κ1) is 46.2. The quantitative estimate of drug-likeness (QED) is 0.0636. The molecule has 0 radical (unpaired) electrons. The smallest absolute Gasteiger partial charge is 0.330 e. The molecule has 3 aliphatic rings. The number of aryl methyl sites for hydroxylation is 2. The number of nitrogens with one attached hydrogen (secondary N) is 3. The van der Waals surface area contributed by atoms with Gasteiger partial charge in [0.2, 0.25) is 0 Å². The van der Waals surface area contributed by atoms with Crippen molar-refractivity contribution in [3.63, 3.8) is 0 Å². The summed E-state index contributed by atoms with van der Waals surface area (Å²) in [5, 5.41) is 3.37. The Morgan fingerprint density at radius 1 is 0.951 bits per heavy atom. The van der Waals surface area contributed by atoms with Crippen molar-refractivity contribution in [1.29, 1.82) is 5.34 Å². The third kappa shape index (κ3) is 16.2. The molecule has 344 valence electrons. The van der Waals surface area contributed by atoms with Crippen LogP contribution in [0.15, 0.2) is 31.6 Å². The molecule has 3 fully saturated rings. The van der Waals surface area contributed by atoms with Crippen LogP contribution in [-0.2, 0) is 35.9 Å². The van der Waals surface area contributed by atoms with Gasteiger partial charge in [0.25, 0.3) is 19.6 Å². The minimum Gasteiger partial charge on any atom is -0.349 e. The van der Waals surface area contributed by atoms with Gasteiger partial charge in [-0.05, 0) is 102 Å². The summed E-state index contributed by atoms with van der Waals surface area (Å²) in [6.07, 6.45) is 2.72. The number of aromatic nitrogens is 4. The number of aromatic amines is 2. The van der Waals surface area contributed by atoms with E-state index in [1.807, 2.05) is 20.5 Å². The number of ether oxygens (including phenoxy) is 2. The molecule has 3 aliphatic heterocycles. The van der Waals surface area contributed by atoms with Gasteiger partial charge in [-0.15, -0.1) is 0 Å². The lowest BCUT2D eigenvalue weighted by Gasteiger charge is -2.40. The maximum Gasteiger partial charge on any atom is 0.330 e. The summed E-state index contributed by atoms with van der Waals surface area (Å²) < 4.78 is 82.1. The van der Waals surface area contributed by atoms with Gasteiger partial charge in [-0.3, -0.25) is 28.7 Å². The van der Waals surface area contributed by atoms with E-state index < -0.39 is 79.6 Å². The van der Waals surface area contributed by atoms with Gasteiger partial charge in [-0.2, -0.15) is 0 Å². The Morgan fingerprint density at radius 2 is 1.49 bits per heavy atom. The number of hydrogen-bond donors (Lipinski definition) is 3. The highest BCUT2D eigenvalue weighted by Gasteiger charge is 2.43. The zero-order valence-corrected chi connectivity index (χ0v) is 40.0. The maximum absolute atomic E-state index is 12.4. The highest BCUT2D eigenvalue weighted by molar-refractivity contribution is 7.95. The number of hydrogen-bond acceptors (Lipinski definition) is 16. The Morgan fingerprint density at radius 3 is 2.02 bits per heavy atom. The fourth-order valence-corrected chi connectivity index (χ4v) is 10.3. The molecule has 61 heavy (non-hydrogen) atoms. The lowest BCUT2D eigenvalue weighted by atomic mass is 10.2. The first-order valence-electron chi connectivity index (χ1n) is 22.9. The van der Waals surface area contributed by atoms with Gasteiger partial charge in [-0.25, -0.2) is 14.3 Å². The lowest BCUT2D eigenvalue weighted by molar-refractivity contribution is -0.0377. The fraction of sp³-hybridized carbons (Fsp3) is 0.784. The van der Waals surface area contributed by atoms with Crippen LogP contribution in [0.25, 0.3) is 0 Å². The van der Waals surface area contributed by atoms with E-state index in [4.69, 9.17) is 41.3 Å². The normalized spacial score (nSPS) is 27.5. The van der Waals surface area contributed by atoms with Crippen molar-refractivity contribution < 1.29 is 35.9 Å². The Labute approximate surface area is 377 Å². The summed E-state index contributed by atoms with van der Waals surface area (Å²) in [6, 6.07) is 0.677. The SMILES string of the molecule is [2H]B([3H])CSOCC1OC(n2cc(C)c(=O)[nH]c2=O)CC1OP1OC(C)CCN1C(C)C.[2H]B([3H])CSOCC1OC(n2cc(C)c(=O)[nH]c2=O)CC1O[P@](C)OC(C)CCNC(C)C. The van der Waals surface area contributed by atoms with Crippen LogP contribution in [0.1, 0.15) is 90.8 Å². The molecule has 0 aromatic carbocycles. The summed E-state index contributed by atoms with van der Waals surface area (Å²) in [7, 11) is -4.46. The average Bonchev–Trinajstić information content (AvgIpc) is 3.80. The Balaban J connectivity index is 0.000000285. The molecule has 10 atom stereocenters. The fourth-order valence-electron chi connectivity index (χ4n) is 6.60. The molecule has 18 nitrogen and oxygen atoms in total. The van der Waals surface area contributed by atoms with Gasteiger partial charge in [0.15, 0.2) is 8.38 Å². The molecule has 3 saturated heterocycles. The molecular weight excluding hydrogens is 868 g/mol. The molecule has 24 heteroatoms. The second kappa shape index (κ2) is 26.0. The summed E-state index contributed by atoms with van der Waals surface area (Å²) in [6.45, 7) is 19.7. The summed E-state index contributed by atoms with van der Waals surface area (Å²) >= 11 is 2.08. The van der Waals surface area contributed by atoms with Crippen LogP contribution in [0.2, 0.25) is 0 Å².